The van der Waals surface area contributed by atoms with E-state index >= 15 is 0 Å². The summed E-state index contributed by atoms with van der Waals surface area (Å²) in [6, 6.07) is 14.4. The van der Waals surface area contributed by atoms with Crippen molar-refractivity contribution in [3.63, 3.8) is 0 Å². The largest absolute Gasteiger partial charge is 0.506 e. The molecule has 0 amide bonds. The Balaban J connectivity index is 2.17. The van der Waals surface area contributed by atoms with Gasteiger partial charge < -0.3 is 5.11 Å². The molecule has 3 aromatic rings. The highest BCUT2D eigenvalue weighted by atomic mass is 35.5. The van der Waals surface area contributed by atoms with Crippen molar-refractivity contribution in [1.82, 2.24) is 9.78 Å². The standard InChI is InChI=1S/C16H11ClN2O2/c17-14-8-4-7-13(16(14)21)15-11(10-20)9-19(18-15)12-5-2-1-3-6-12/h1-10,21H. The Bertz CT molecular complexity index is 797. The number of rotatable bonds is 3. The molecule has 0 atom stereocenters. The highest BCUT2D eigenvalue weighted by Crippen LogP contribution is 2.35. The first-order valence-corrected chi connectivity index (χ1v) is 6.66. The van der Waals surface area contributed by atoms with E-state index < -0.39 is 0 Å². The molecule has 0 saturated carbocycles. The molecule has 0 fully saturated rings. The van der Waals surface area contributed by atoms with E-state index in [0.29, 0.717) is 23.1 Å². The number of carbonyl (C=O) groups is 1. The minimum absolute atomic E-state index is 0.0828. The minimum Gasteiger partial charge on any atom is -0.506 e. The van der Waals surface area contributed by atoms with Crippen molar-refractivity contribution in [1.29, 1.82) is 0 Å². The zero-order valence-electron chi connectivity index (χ0n) is 10.9. The third-order valence-corrected chi connectivity index (χ3v) is 3.44. The molecule has 1 aromatic heterocycles. The lowest BCUT2D eigenvalue weighted by Crippen LogP contribution is -1.94. The summed E-state index contributed by atoms with van der Waals surface area (Å²) in [4.78, 5) is 11.3. The second-order valence-corrected chi connectivity index (χ2v) is 4.87. The number of aromatic hydroxyl groups is 1. The highest BCUT2D eigenvalue weighted by molar-refractivity contribution is 6.32. The molecular formula is C16H11ClN2O2. The molecule has 5 heteroatoms. The van der Waals surface area contributed by atoms with Crippen LogP contribution in [0.1, 0.15) is 10.4 Å². The molecule has 0 aliphatic carbocycles. The van der Waals surface area contributed by atoms with E-state index in [4.69, 9.17) is 11.6 Å². The fourth-order valence-electron chi connectivity index (χ4n) is 2.10. The third kappa shape index (κ3) is 2.41. The van der Waals surface area contributed by atoms with Crippen molar-refractivity contribution in [2.45, 2.75) is 0 Å². The van der Waals surface area contributed by atoms with Crippen molar-refractivity contribution in [2.24, 2.45) is 0 Å². The van der Waals surface area contributed by atoms with Crippen LogP contribution in [0.4, 0.5) is 0 Å². The van der Waals surface area contributed by atoms with Crippen LogP contribution < -0.4 is 0 Å². The summed E-state index contributed by atoms with van der Waals surface area (Å²) in [5.74, 6) is -0.0828. The summed E-state index contributed by atoms with van der Waals surface area (Å²) in [7, 11) is 0. The zero-order chi connectivity index (χ0) is 14.8. The first kappa shape index (κ1) is 13.4. The van der Waals surface area contributed by atoms with Gasteiger partial charge in [0.2, 0.25) is 0 Å². The lowest BCUT2D eigenvalue weighted by atomic mass is 10.1. The number of para-hydroxylation sites is 2. The van der Waals surface area contributed by atoms with Gasteiger partial charge in [0.15, 0.2) is 6.29 Å². The number of carbonyl (C=O) groups excluding carboxylic acids is 1. The number of nitrogens with zero attached hydrogens (tertiary/aromatic N) is 2. The van der Waals surface area contributed by atoms with Gasteiger partial charge in [-0.15, -0.1) is 0 Å². The number of hydrogen-bond donors (Lipinski definition) is 1. The molecule has 0 aliphatic rings. The fourth-order valence-corrected chi connectivity index (χ4v) is 2.28. The van der Waals surface area contributed by atoms with Gasteiger partial charge in [-0.1, -0.05) is 35.9 Å². The average Bonchev–Trinajstić information content (AvgIpc) is 2.95. The van der Waals surface area contributed by atoms with Gasteiger partial charge in [-0.2, -0.15) is 5.10 Å². The van der Waals surface area contributed by atoms with Crippen LogP contribution in [0.5, 0.6) is 5.75 Å². The van der Waals surface area contributed by atoms with Crippen molar-refractivity contribution >= 4 is 17.9 Å². The van der Waals surface area contributed by atoms with Crippen LogP contribution in [-0.2, 0) is 0 Å². The summed E-state index contributed by atoms with van der Waals surface area (Å²) >= 11 is 5.91. The van der Waals surface area contributed by atoms with Gasteiger partial charge in [0, 0.05) is 11.8 Å². The molecular weight excluding hydrogens is 288 g/mol. The van der Waals surface area contributed by atoms with E-state index in [-0.39, 0.29) is 10.8 Å². The molecule has 0 spiro atoms. The monoisotopic (exact) mass is 298 g/mol. The SMILES string of the molecule is O=Cc1cn(-c2ccccc2)nc1-c1cccc(Cl)c1O. The van der Waals surface area contributed by atoms with Crippen molar-refractivity contribution < 1.29 is 9.90 Å². The summed E-state index contributed by atoms with van der Waals surface area (Å²) in [5, 5.41) is 14.7. The van der Waals surface area contributed by atoms with Gasteiger partial charge in [-0.25, -0.2) is 4.68 Å². The second-order valence-electron chi connectivity index (χ2n) is 4.47. The lowest BCUT2D eigenvalue weighted by molar-refractivity contribution is 0.112. The Morgan fingerprint density at radius 3 is 2.57 bits per heavy atom. The van der Waals surface area contributed by atoms with E-state index in [2.05, 4.69) is 5.10 Å². The van der Waals surface area contributed by atoms with Crippen LogP contribution in [0.3, 0.4) is 0 Å². The van der Waals surface area contributed by atoms with Gasteiger partial charge in [0.25, 0.3) is 0 Å². The van der Waals surface area contributed by atoms with E-state index in [9.17, 15) is 9.90 Å². The molecule has 104 valence electrons. The topological polar surface area (TPSA) is 55.1 Å². The number of benzene rings is 2. The van der Waals surface area contributed by atoms with E-state index in [1.165, 1.54) is 0 Å². The molecule has 0 bridgehead atoms. The van der Waals surface area contributed by atoms with Crippen LogP contribution in [0.25, 0.3) is 16.9 Å². The maximum absolute atomic E-state index is 11.3. The molecule has 1 heterocycles. The predicted octanol–water partition coefficient (Wildman–Crippen LogP) is 3.71. The number of phenolic OH excluding ortho intramolecular Hbond substituents is 1. The highest BCUT2D eigenvalue weighted by Gasteiger charge is 2.16. The number of aldehydes is 1. The maximum Gasteiger partial charge on any atom is 0.153 e. The zero-order valence-corrected chi connectivity index (χ0v) is 11.7. The molecule has 0 unspecified atom stereocenters. The number of hydrogen-bond acceptors (Lipinski definition) is 3. The predicted molar refractivity (Wildman–Crippen MR) is 81.1 cm³/mol. The van der Waals surface area contributed by atoms with E-state index in [1.54, 1.807) is 29.1 Å². The summed E-state index contributed by atoms with van der Waals surface area (Å²) in [5.41, 5.74) is 2.04. The van der Waals surface area contributed by atoms with Gasteiger partial charge in [-0.05, 0) is 24.3 Å². The maximum atomic E-state index is 11.3. The summed E-state index contributed by atoms with van der Waals surface area (Å²) < 4.78 is 1.60. The van der Waals surface area contributed by atoms with Crippen LogP contribution in [0, 0.1) is 0 Å². The molecule has 0 radical (unpaired) electrons. The first-order chi connectivity index (χ1) is 10.2. The number of phenols is 1. The van der Waals surface area contributed by atoms with E-state index in [0.717, 1.165) is 5.69 Å². The van der Waals surface area contributed by atoms with Crippen LogP contribution in [-0.4, -0.2) is 21.2 Å². The van der Waals surface area contributed by atoms with Gasteiger partial charge >= 0.3 is 0 Å². The molecule has 21 heavy (non-hydrogen) atoms. The summed E-state index contributed by atoms with van der Waals surface area (Å²) in [6.07, 6.45) is 2.33. The Labute approximate surface area is 126 Å². The van der Waals surface area contributed by atoms with Gasteiger partial charge in [-0.3, -0.25) is 4.79 Å². The molecule has 1 N–H and O–H groups in total. The molecule has 4 nitrogen and oxygen atoms in total. The summed E-state index contributed by atoms with van der Waals surface area (Å²) in [6.45, 7) is 0. The normalized spacial score (nSPS) is 10.5. The first-order valence-electron chi connectivity index (χ1n) is 6.29. The Morgan fingerprint density at radius 1 is 1.10 bits per heavy atom. The molecule has 3 rings (SSSR count). The Kier molecular flexibility index (Phi) is 3.46. The number of halogens is 1. The smallest absolute Gasteiger partial charge is 0.153 e. The fraction of sp³-hybridized carbons (Fsp3) is 0. The van der Waals surface area contributed by atoms with Crippen LogP contribution in [0.2, 0.25) is 5.02 Å². The van der Waals surface area contributed by atoms with Crippen molar-refractivity contribution in [3.05, 3.63) is 65.3 Å². The third-order valence-electron chi connectivity index (χ3n) is 3.13. The lowest BCUT2D eigenvalue weighted by Gasteiger charge is -2.04. The molecule has 2 aromatic carbocycles. The van der Waals surface area contributed by atoms with Crippen LogP contribution in [0.15, 0.2) is 54.7 Å². The molecule has 0 aliphatic heterocycles. The van der Waals surface area contributed by atoms with Crippen LogP contribution >= 0.6 is 11.6 Å². The van der Waals surface area contributed by atoms with Crippen molar-refractivity contribution in [3.8, 4) is 22.7 Å². The van der Waals surface area contributed by atoms with Crippen molar-refractivity contribution in [2.75, 3.05) is 0 Å². The Hall–Kier alpha value is -2.59. The van der Waals surface area contributed by atoms with Gasteiger partial charge in [0.1, 0.15) is 11.4 Å². The van der Waals surface area contributed by atoms with E-state index in [1.807, 2.05) is 30.3 Å². The quantitative estimate of drug-likeness (QED) is 0.750. The second kappa shape index (κ2) is 5.42. The minimum atomic E-state index is -0.0828. The number of aromatic nitrogens is 2. The van der Waals surface area contributed by atoms with Gasteiger partial charge in [0.05, 0.1) is 16.3 Å². The Morgan fingerprint density at radius 2 is 1.86 bits per heavy atom. The molecule has 0 saturated heterocycles. The average molecular weight is 299 g/mol.